The van der Waals surface area contributed by atoms with Crippen LogP contribution in [0.25, 0.3) is 0 Å². The van der Waals surface area contributed by atoms with E-state index in [4.69, 9.17) is 11.6 Å². The maximum absolute atomic E-state index is 12.4. The lowest BCUT2D eigenvalue weighted by Gasteiger charge is -2.37. The molecule has 1 saturated carbocycles. The number of carbonyl (C=O) groups is 1. The normalized spacial score (nSPS) is 18.0. The van der Waals surface area contributed by atoms with Gasteiger partial charge in [0.25, 0.3) is 5.91 Å². The Morgan fingerprint density at radius 3 is 2.38 bits per heavy atom. The Labute approximate surface area is 149 Å². The number of nitriles is 1. The van der Waals surface area contributed by atoms with E-state index in [1.165, 1.54) is 0 Å². The maximum Gasteiger partial charge on any atom is 0.266 e. The number of hydrogen-bond donors (Lipinski definition) is 1. The van der Waals surface area contributed by atoms with Gasteiger partial charge in [-0.15, -0.1) is 0 Å². The SMILES string of the molecule is CCC(C)(C)C1CCC(=C(C#N)C(=O)Nc2ccc(Cl)cc2)CC1. The van der Waals surface area contributed by atoms with Crippen molar-refractivity contribution in [3.63, 3.8) is 0 Å². The summed E-state index contributed by atoms with van der Waals surface area (Å²) in [6, 6.07) is 9.02. The van der Waals surface area contributed by atoms with Crippen LogP contribution in [-0.4, -0.2) is 5.91 Å². The molecule has 1 N–H and O–H groups in total. The van der Waals surface area contributed by atoms with E-state index in [1.807, 2.05) is 0 Å². The van der Waals surface area contributed by atoms with Crippen LogP contribution in [0.5, 0.6) is 0 Å². The zero-order valence-corrected chi connectivity index (χ0v) is 15.4. The van der Waals surface area contributed by atoms with Gasteiger partial charge in [0.15, 0.2) is 0 Å². The molecule has 0 spiro atoms. The summed E-state index contributed by atoms with van der Waals surface area (Å²) in [4.78, 5) is 12.4. The Hall–Kier alpha value is -1.79. The van der Waals surface area contributed by atoms with E-state index in [2.05, 4.69) is 32.2 Å². The number of halogens is 1. The molecule has 0 atom stereocenters. The smallest absolute Gasteiger partial charge is 0.266 e. The predicted octanol–water partition coefficient (Wildman–Crippen LogP) is 5.73. The minimum atomic E-state index is -0.317. The van der Waals surface area contributed by atoms with Crippen LogP contribution >= 0.6 is 11.6 Å². The van der Waals surface area contributed by atoms with Gasteiger partial charge in [-0.25, -0.2) is 0 Å². The third-order valence-electron chi connectivity index (χ3n) is 5.40. The highest BCUT2D eigenvalue weighted by Crippen LogP contribution is 2.42. The van der Waals surface area contributed by atoms with Crippen molar-refractivity contribution < 1.29 is 4.79 Å². The second-order valence-electron chi connectivity index (χ2n) is 7.17. The highest BCUT2D eigenvalue weighted by atomic mass is 35.5. The monoisotopic (exact) mass is 344 g/mol. The average molecular weight is 345 g/mol. The highest BCUT2D eigenvalue weighted by Gasteiger charge is 2.31. The van der Waals surface area contributed by atoms with Gasteiger partial charge in [0.1, 0.15) is 11.6 Å². The minimum absolute atomic E-state index is 0.276. The lowest BCUT2D eigenvalue weighted by molar-refractivity contribution is -0.112. The van der Waals surface area contributed by atoms with Gasteiger partial charge in [0, 0.05) is 10.7 Å². The first-order valence-electron chi connectivity index (χ1n) is 8.56. The summed E-state index contributed by atoms with van der Waals surface area (Å²) in [5, 5.41) is 12.9. The van der Waals surface area contributed by atoms with Crippen LogP contribution in [0, 0.1) is 22.7 Å². The van der Waals surface area contributed by atoms with Gasteiger partial charge >= 0.3 is 0 Å². The molecule has 128 valence electrons. The van der Waals surface area contributed by atoms with Crippen molar-refractivity contribution in [3.05, 3.63) is 40.4 Å². The molecule has 3 nitrogen and oxygen atoms in total. The first-order valence-corrected chi connectivity index (χ1v) is 8.94. The summed E-state index contributed by atoms with van der Waals surface area (Å²) in [6.45, 7) is 6.85. The van der Waals surface area contributed by atoms with Crippen molar-refractivity contribution in [3.8, 4) is 6.07 Å². The molecule has 0 aromatic heterocycles. The van der Waals surface area contributed by atoms with E-state index in [9.17, 15) is 10.1 Å². The second kappa shape index (κ2) is 7.85. The molecule has 1 amide bonds. The van der Waals surface area contributed by atoms with Gasteiger partial charge in [-0.05, 0) is 66.9 Å². The fourth-order valence-corrected chi connectivity index (χ4v) is 3.43. The molecule has 24 heavy (non-hydrogen) atoms. The molecular weight excluding hydrogens is 320 g/mol. The summed E-state index contributed by atoms with van der Waals surface area (Å²) in [5.41, 5.74) is 2.24. The van der Waals surface area contributed by atoms with Crippen molar-refractivity contribution in [2.75, 3.05) is 5.32 Å². The molecule has 0 unspecified atom stereocenters. The highest BCUT2D eigenvalue weighted by molar-refractivity contribution is 6.30. The fraction of sp³-hybridized carbons (Fsp3) is 0.500. The Balaban J connectivity index is 2.08. The van der Waals surface area contributed by atoms with Crippen molar-refractivity contribution in [2.45, 2.75) is 52.9 Å². The van der Waals surface area contributed by atoms with Crippen LogP contribution in [0.3, 0.4) is 0 Å². The molecule has 1 fully saturated rings. The van der Waals surface area contributed by atoms with E-state index in [0.717, 1.165) is 37.7 Å². The first kappa shape index (κ1) is 18.5. The summed E-state index contributed by atoms with van der Waals surface area (Å²) >= 11 is 5.85. The molecule has 0 aliphatic heterocycles. The van der Waals surface area contributed by atoms with Crippen LogP contribution in [-0.2, 0) is 4.79 Å². The van der Waals surface area contributed by atoms with Crippen LogP contribution in [0.15, 0.2) is 35.4 Å². The van der Waals surface area contributed by atoms with Crippen molar-refractivity contribution in [2.24, 2.45) is 11.3 Å². The average Bonchev–Trinajstić information content (AvgIpc) is 2.58. The fourth-order valence-electron chi connectivity index (χ4n) is 3.30. The van der Waals surface area contributed by atoms with E-state index < -0.39 is 0 Å². The van der Waals surface area contributed by atoms with E-state index in [0.29, 0.717) is 22.0 Å². The van der Waals surface area contributed by atoms with Gasteiger partial charge in [0.05, 0.1) is 0 Å². The van der Waals surface area contributed by atoms with E-state index in [1.54, 1.807) is 24.3 Å². The zero-order valence-electron chi connectivity index (χ0n) is 14.7. The van der Waals surface area contributed by atoms with Crippen molar-refractivity contribution in [1.29, 1.82) is 5.26 Å². The number of hydrogen-bond acceptors (Lipinski definition) is 2. The zero-order chi connectivity index (χ0) is 17.7. The molecule has 4 heteroatoms. The standard InChI is InChI=1S/C20H25ClN2O/c1-4-20(2,3)15-7-5-14(6-8-15)18(13-22)19(24)23-17-11-9-16(21)10-12-17/h9-12,15H,4-8H2,1-3H3,(H,23,24). The number of rotatable bonds is 4. The molecule has 0 bridgehead atoms. The molecule has 1 aliphatic carbocycles. The lowest BCUT2D eigenvalue weighted by atomic mass is 9.68. The van der Waals surface area contributed by atoms with Gasteiger partial charge in [-0.1, -0.05) is 38.8 Å². The maximum atomic E-state index is 12.4. The quantitative estimate of drug-likeness (QED) is 0.560. The molecule has 0 saturated heterocycles. The number of carbonyl (C=O) groups excluding carboxylic acids is 1. The lowest BCUT2D eigenvalue weighted by Crippen LogP contribution is -2.27. The third kappa shape index (κ3) is 4.39. The summed E-state index contributed by atoms with van der Waals surface area (Å²) in [5.74, 6) is 0.341. The predicted molar refractivity (Wildman–Crippen MR) is 98.8 cm³/mol. The number of anilines is 1. The van der Waals surface area contributed by atoms with Crippen LogP contribution in [0.4, 0.5) is 5.69 Å². The number of nitrogens with zero attached hydrogens (tertiary/aromatic N) is 1. The molecular formula is C20H25ClN2O. The minimum Gasteiger partial charge on any atom is -0.321 e. The molecule has 1 aromatic rings. The van der Waals surface area contributed by atoms with Crippen LogP contribution in [0.1, 0.15) is 52.9 Å². The number of allylic oxidation sites excluding steroid dienone is 1. The van der Waals surface area contributed by atoms with Gasteiger partial charge < -0.3 is 5.32 Å². The van der Waals surface area contributed by atoms with E-state index in [-0.39, 0.29) is 11.5 Å². The van der Waals surface area contributed by atoms with Crippen molar-refractivity contribution in [1.82, 2.24) is 0 Å². The Morgan fingerprint density at radius 1 is 1.29 bits per heavy atom. The Morgan fingerprint density at radius 2 is 1.88 bits per heavy atom. The third-order valence-corrected chi connectivity index (χ3v) is 5.65. The summed E-state index contributed by atoms with van der Waals surface area (Å²) in [7, 11) is 0. The van der Waals surface area contributed by atoms with Gasteiger partial charge in [-0.3, -0.25) is 4.79 Å². The second-order valence-corrected chi connectivity index (χ2v) is 7.60. The van der Waals surface area contributed by atoms with E-state index >= 15 is 0 Å². The summed E-state index contributed by atoms with van der Waals surface area (Å²) in [6.07, 6.45) is 4.93. The molecule has 1 aliphatic rings. The molecule has 0 heterocycles. The van der Waals surface area contributed by atoms with Gasteiger partial charge in [-0.2, -0.15) is 5.26 Å². The first-order chi connectivity index (χ1) is 11.4. The molecule has 1 aromatic carbocycles. The number of amides is 1. The largest absolute Gasteiger partial charge is 0.321 e. The van der Waals surface area contributed by atoms with Crippen LogP contribution in [0.2, 0.25) is 5.02 Å². The molecule has 2 rings (SSSR count). The molecule has 0 radical (unpaired) electrons. The Kier molecular flexibility index (Phi) is 6.07. The topological polar surface area (TPSA) is 52.9 Å². The Bertz CT molecular complexity index is 658. The number of nitrogens with one attached hydrogen (secondary N) is 1. The van der Waals surface area contributed by atoms with Crippen molar-refractivity contribution >= 4 is 23.2 Å². The van der Waals surface area contributed by atoms with Crippen LogP contribution < -0.4 is 5.32 Å². The van der Waals surface area contributed by atoms with Gasteiger partial charge in [0.2, 0.25) is 0 Å². The summed E-state index contributed by atoms with van der Waals surface area (Å²) < 4.78 is 0. The number of benzene rings is 1.